The third kappa shape index (κ3) is 2.86. The molecule has 9 heteroatoms. The van der Waals surface area contributed by atoms with E-state index in [1.54, 1.807) is 25.6 Å². The highest BCUT2D eigenvalue weighted by Gasteiger charge is 2.57. The summed E-state index contributed by atoms with van der Waals surface area (Å²) in [5.41, 5.74) is 0.614. The molecule has 0 aromatic carbocycles. The summed E-state index contributed by atoms with van der Waals surface area (Å²) < 4.78 is 5.60. The van der Waals surface area contributed by atoms with Crippen molar-refractivity contribution in [2.45, 2.75) is 30.7 Å². The number of amides is 2. The van der Waals surface area contributed by atoms with Gasteiger partial charge in [-0.3, -0.25) is 24.5 Å². The van der Waals surface area contributed by atoms with Crippen LogP contribution in [0.25, 0.3) is 0 Å². The Hall–Kier alpha value is -3.62. The van der Waals surface area contributed by atoms with Crippen molar-refractivity contribution in [2.75, 3.05) is 11.9 Å². The molecule has 2 bridgehead atoms. The minimum atomic E-state index is -0.992. The lowest BCUT2D eigenvalue weighted by Gasteiger charge is -2.44. The first-order valence-corrected chi connectivity index (χ1v) is 9.32. The molecule has 1 saturated carbocycles. The van der Waals surface area contributed by atoms with Crippen LogP contribution in [0.5, 0.6) is 0 Å². The van der Waals surface area contributed by atoms with E-state index in [1.807, 2.05) is 18.2 Å². The number of nitrogens with zero attached hydrogens (tertiary/aromatic N) is 5. The standard InChI is InChI=1S/C20H18N6O3/c1-26-16-15(22-6-7-23-16)12-9-20(10-12,19(26)28)25-17(27)18-24-11-14(29-18)8-13-4-2-3-5-21-13/h2-7,11-12H,8-10H2,1H3,(H,25,27)/t12-,20+. The summed E-state index contributed by atoms with van der Waals surface area (Å²) in [6.45, 7) is 0. The Balaban J connectivity index is 1.34. The number of oxazole rings is 1. The highest BCUT2D eigenvalue weighted by Crippen LogP contribution is 2.50. The summed E-state index contributed by atoms with van der Waals surface area (Å²) in [5.74, 6) is 0.373. The third-order valence-corrected chi connectivity index (χ3v) is 5.50. The molecule has 3 aliphatic rings. The second-order valence-electron chi connectivity index (χ2n) is 7.40. The zero-order valence-corrected chi connectivity index (χ0v) is 15.7. The van der Waals surface area contributed by atoms with Crippen LogP contribution in [0, 0.1) is 0 Å². The average molecular weight is 390 g/mol. The van der Waals surface area contributed by atoms with E-state index < -0.39 is 11.4 Å². The Morgan fingerprint density at radius 2 is 2.03 bits per heavy atom. The second kappa shape index (κ2) is 6.47. The molecule has 9 nitrogen and oxygen atoms in total. The summed E-state index contributed by atoms with van der Waals surface area (Å²) in [7, 11) is 1.65. The number of rotatable bonds is 4. The van der Waals surface area contributed by atoms with E-state index in [9.17, 15) is 9.59 Å². The van der Waals surface area contributed by atoms with Crippen LogP contribution in [0.1, 0.15) is 46.6 Å². The van der Waals surface area contributed by atoms with Crippen molar-refractivity contribution in [2.24, 2.45) is 0 Å². The van der Waals surface area contributed by atoms with Gasteiger partial charge < -0.3 is 9.73 Å². The number of nitrogens with one attached hydrogen (secondary N) is 1. The molecule has 1 N–H and O–H groups in total. The normalized spacial score (nSPS) is 22.4. The number of hydrogen-bond donors (Lipinski definition) is 1. The number of aromatic nitrogens is 4. The molecule has 6 rings (SSSR count). The molecular weight excluding hydrogens is 372 g/mol. The zero-order chi connectivity index (χ0) is 20.0. The van der Waals surface area contributed by atoms with Gasteiger partial charge in [0.25, 0.3) is 11.8 Å². The van der Waals surface area contributed by atoms with E-state index in [4.69, 9.17) is 4.42 Å². The van der Waals surface area contributed by atoms with Crippen LogP contribution in [0.3, 0.4) is 0 Å². The van der Waals surface area contributed by atoms with Crippen molar-refractivity contribution in [1.29, 1.82) is 0 Å². The van der Waals surface area contributed by atoms with E-state index >= 15 is 0 Å². The van der Waals surface area contributed by atoms with E-state index in [2.05, 4.69) is 25.3 Å². The Kier molecular flexibility index (Phi) is 3.90. The largest absolute Gasteiger partial charge is 0.437 e. The number of carbonyl (C=O) groups excluding carboxylic acids is 2. The van der Waals surface area contributed by atoms with Crippen LogP contribution in [0.2, 0.25) is 0 Å². The lowest BCUT2D eigenvalue weighted by atomic mass is 9.67. The number of fused-ring (bicyclic) bond motifs is 1. The van der Waals surface area contributed by atoms with Gasteiger partial charge in [-0.05, 0) is 25.0 Å². The Bertz CT molecular complexity index is 1090. The van der Waals surface area contributed by atoms with Gasteiger partial charge in [-0.1, -0.05) is 6.07 Å². The van der Waals surface area contributed by atoms with Gasteiger partial charge in [-0.25, -0.2) is 9.97 Å². The van der Waals surface area contributed by atoms with Crippen LogP contribution in [-0.4, -0.2) is 44.3 Å². The molecule has 2 aliphatic heterocycles. The fourth-order valence-electron chi connectivity index (χ4n) is 4.06. The van der Waals surface area contributed by atoms with Gasteiger partial charge in [0.15, 0.2) is 5.82 Å². The van der Waals surface area contributed by atoms with Crippen molar-refractivity contribution in [1.82, 2.24) is 25.3 Å². The smallest absolute Gasteiger partial charge is 0.308 e. The molecule has 0 radical (unpaired) electrons. The van der Waals surface area contributed by atoms with Crippen molar-refractivity contribution in [3.8, 4) is 0 Å². The maximum absolute atomic E-state index is 13.1. The first-order valence-electron chi connectivity index (χ1n) is 9.32. The molecule has 0 unspecified atom stereocenters. The molecule has 0 saturated heterocycles. The predicted octanol–water partition coefficient (Wildman–Crippen LogP) is 1.47. The van der Waals surface area contributed by atoms with Gasteiger partial charge in [-0.15, -0.1) is 0 Å². The van der Waals surface area contributed by atoms with Gasteiger partial charge >= 0.3 is 5.91 Å². The lowest BCUT2D eigenvalue weighted by Crippen LogP contribution is -2.64. The zero-order valence-electron chi connectivity index (χ0n) is 15.7. The number of hydrogen-bond acceptors (Lipinski definition) is 7. The molecule has 3 aromatic rings. The van der Waals surface area contributed by atoms with Crippen LogP contribution < -0.4 is 10.2 Å². The van der Waals surface area contributed by atoms with Gasteiger partial charge in [0.1, 0.15) is 11.3 Å². The number of anilines is 1. The van der Waals surface area contributed by atoms with E-state index in [0.717, 1.165) is 11.4 Å². The molecule has 2 amide bonds. The quantitative estimate of drug-likeness (QED) is 0.717. The van der Waals surface area contributed by atoms with Gasteiger partial charge in [0.2, 0.25) is 0 Å². The topological polar surface area (TPSA) is 114 Å². The Morgan fingerprint density at radius 1 is 1.21 bits per heavy atom. The Labute approximate surface area is 166 Å². The summed E-state index contributed by atoms with van der Waals surface area (Å²) in [6, 6.07) is 5.59. The van der Waals surface area contributed by atoms with Crippen LogP contribution >= 0.6 is 0 Å². The lowest BCUT2D eigenvalue weighted by molar-refractivity contribution is -0.127. The second-order valence-corrected chi connectivity index (χ2v) is 7.40. The molecule has 1 aliphatic carbocycles. The summed E-state index contributed by atoms with van der Waals surface area (Å²) in [5, 5.41) is 2.85. The molecular formula is C20H18N6O3. The SMILES string of the molecule is CN1c2nccnc2[C@H]2C[C@@](NC(=O)c3ncc(Cc4ccccn4)o3)(C2)C1=O. The highest BCUT2D eigenvalue weighted by molar-refractivity contribution is 6.05. The summed E-state index contributed by atoms with van der Waals surface area (Å²) in [4.78, 5) is 44.3. The number of carbonyl (C=O) groups is 2. The van der Waals surface area contributed by atoms with Crippen LogP contribution in [0.4, 0.5) is 5.82 Å². The minimum Gasteiger partial charge on any atom is -0.437 e. The van der Waals surface area contributed by atoms with Crippen molar-refractivity contribution < 1.29 is 14.0 Å². The number of likely N-dealkylation sites (N-methyl/N-ethyl adjacent to an activating group) is 1. The number of pyridine rings is 1. The monoisotopic (exact) mass is 390 g/mol. The molecule has 0 atom stereocenters. The van der Waals surface area contributed by atoms with E-state index in [0.29, 0.717) is 30.8 Å². The Morgan fingerprint density at radius 3 is 2.83 bits per heavy atom. The minimum absolute atomic E-state index is 0.0674. The molecule has 0 spiro atoms. The maximum atomic E-state index is 13.1. The van der Waals surface area contributed by atoms with Crippen molar-refractivity contribution in [3.63, 3.8) is 0 Å². The molecule has 1 fully saturated rings. The van der Waals surface area contributed by atoms with Gasteiger partial charge in [0, 0.05) is 43.7 Å². The van der Waals surface area contributed by atoms with Crippen LogP contribution in [0.15, 0.2) is 47.4 Å². The highest BCUT2D eigenvalue weighted by atomic mass is 16.4. The average Bonchev–Trinajstić information content (AvgIpc) is 3.13. The van der Waals surface area contributed by atoms with Crippen molar-refractivity contribution in [3.05, 3.63) is 66.0 Å². The first kappa shape index (κ1) is 17.5. The third-order valence-electron chi connectivity index (χ3n) is 5.50. The first-order chi connectivity index (χ1) is 14.1. The summed E-state index contributed by atoms with van der Waals surface area (Å²) >= 11 is 0. The molecule has 146 valence electrons. The molecule has 5 heterocycles. The molecule has 29 heavy (non-hydrogen) atoms. The summed E-state index contributed by atoms with van der Waals surface area (Å²) in [6.07, 6.45) is 7.78. The predicted molar refractivity (Wildman–Crippen MR) is 101 cm³/mol. The van der Waals surface area contributed by atoms with Crippen LogP contribution in [-0.2, 0) is 11.2 Å². The van der Waals surface area contributed by atoms with Gasteiger partial charge in [0.05, 0.1) is 11.9 Å². The fourth-order valence-corrected chi connectivity index (χ4v) is 4.06. The fraction of sp³-hybridized carbons (Fsp3) is 0.300. The van der Waals surface area contributed by atoms with E-state index in [-0.39, 0.29) is 17.7 Å². The van der Waals surface area contributed by atoms with E-state index in [1.165, 1.54) is 11.1 Å². The maximum Gasteiger partial charge on any atom is 0.308 e. The van der Waals surface area contributed by atoms with Crippen molar-refractivity contribution >= 4 is 17.6 Å². The molecule has 3 aromatic heterocycles. The van der Waals surface area contributed by atoms with Gasteiger partial charge in [-0.2, -0.15) is 0 Å².